The number of para-hydroxylation sites is 1. The quantitative estimate of drug-likeness (QED) is 0.825. The lowest BCUT2D eigenvalue weighted by Gasteiger charge is -2.34. The van der Waals surface area contributed by atoms with Crippen LogP contribution in [0.1, 0.15) is 22.8 Å². The number of esters is 1. The molecule has 1 N–H and O–H groups in total. The van der Waals surface area contributed by atoms with E-state index in [-0.39, 0.29) is 18.3 Å². The number of hydrogen-bond donors (Lipinski definition) is 1. The SMILES string of the molecule is CCOC(=O)C1=NN(c2ccc(C)cc2)[C@H]2Nc3ccccc3C(=O)N(C)N12. The van der Waals surface area contributed by atoms with E-state index in [0.29, 0.717) is 11.3 Å². The van der Waals surface area contributed by atoms with Crippen molar-refractivity contribution in [3.05, 3.63) is 59.7 Å². The van der Waals surface area contributed by atoms with Crippen LogP contribution in [-0.2, 0) is 9.53 Å². The van der Waals surface area contributed by atoms with Crippen LogP contribution < -0.4 is 10.3 Å². The summed E-state index contributed by atoms with van der Waals surface area (Å²) in [4.78, 5) is 25.6. The molecule has 0 saturated heterocycles. The van der Waals surface area contributed by atoms with Gasteiger partial charge in [-0.05, 0) is 38.1 Å². The number of fused-ring (bicyclic) bond motifs is 2. The number of carbonyl (C=O) groups excluding carboxylic acids is 2. The molecule has 4 rings (SSSR count). The Kier molecular flexibility index (Phi) is 4.38. The lowest BCUT2D eigenvalue weighted by Crippen LogP contribution is -2.56. The molecular weight excluding hydrogens is 358 g/mol. The number of anilines is 2. The molecule has 2 aliphatic rings. The molecule has 8 nitrogen and oxygen atoms in total. The van der Waals surface area contributed by atoms with Crippen molar-refractivity contribution in [2.24, 2.45) is 5.10 Å². The maximum atomic E-state index is 13.0. The minimum Gasteiger partial charge on any atom is -0.460 e. The van der Waals surface area contributed by atoms with Crippen LogP contribution in [0.25, 0.3) is 0 Å². The van der Waals surface area contributed by atoms with Crippen LogP contribution in [0, 0.1) is 6.92 Å². The number of nitrogens with one attached hydrogen (secondary N) is 1. The molecule has 0 bridgehead atoms. The number of aryl methyl sites for hydroxylation is 1. The molecule has 2 aromatic rings. The van der Waals surface area contributed by atoms with Gasteiger partial charge in [0, 0.05) is 7.05 Å². The van der Waals surface area contributed by atoms with Gasteiger partial charge in [-0.3, -0.25) is 4.79 Å². The van der Waals surface area contributed by atoms with E-state index in [2.05, 4.69) is 10.4 Å². The summed E-state index contributed by atoms with van der Waals surface area (Å²) < 4.78 is 5.18. The summed E-state index contributed by atoms with van der Waals surface area (Å²) >= 11 is 0. The molecule has 8 heteroatoms. The van der Waals surface area contributed by atoms with Crippen molar-refractivity contribution in [2.75, 3.05) is 24.0 Å². The van der Waals surface area contributed by atoms with Crippen molar-refractivity contribution in [1.29, 1.82) is 0 Å². The van der Waals surface area contributed by atoms with Gasteiger partial charge in [0.25, 0.3) is 11.7 Å². The largest absolute Gasteiger partial charge is 0.460 e. The average molecular weight is 379 g/mol. The number of ether oxygens (including phenoxy) is 1. The summed E-state index contributed by atoms with van der Waals surface area (Å²) in [6.45, 7) is 3.94. The van der Waals surface area contributed by atoms with E-state index in [0.717, 1.165) is 11.3 Å². The Hall–Kier alpha value is -3.55. The van der Waals surface area contributed by atoms with Crippen LogP contribution >= 0.6 is 0 Å². The molecule has 0 aliphatic carbocycles. The first-order valence-corrected chi connectivity index (χ1v) is 9.05. The Bertz CT molecular complexity index is 957. The molecule has 2 heterocycles. The van der Waals surface area contributed by atoms with Crippen LogP contribution in [0.2, 0.25) is 0 Å². The van der Waals surface area contributed by atoms with Crippen molar-refractivity contribution in [3.8, 4) is 0 Å². The van der Waals surface area contributed by atoms with Gasteiger partial charge in [0.2, 0.25) is 6.29 Å². The van der Waals surface area contributed by atoms with Crippen LogP contribution in [0.15, 0.2) is 53.6 Å². The number of amidine groups is 1. The Morgan fingerprint density at radius 1 is 1.18 bits per heavy atom. The smallest absolute Gasteiger partial charge is 0.377 e. The molecule has 1 amide bonds. The van der Waals surface area contributed by atoms with Crippen LogP contribution in [-0.4, -0.2) is 47.7 Å². The van der Waals surface area contributed by atoms with Crippen molar-refractivity contribution < 1.29 is 14.3 Å². The van der Waals surface area contributed by atoms with Gasteiger partial charge in [0.15, 0.2) is 0 Å². The number of benzene rings is 2. The minimum absolute atomic E-state index is 0.0450. The monoisotopic (exact) mass is 379 g/mol. The van der Waals surface area contributed by atoms with E-state index < -0.39 is 12.3 Å². The molecule has 0 saturated carbocycles. The van der Waals surface area contributed by atoms with Crippen LogP contribution in [0.5, 0.6) is 0 Å². The molecule has 2 aliphatic heterocycles. The highest BCUT2D eigenvalue weighted by Gasteiger charge is 2.45. The fourth-order valence-electron chi connectivity index (χ4n) is 3.28. The average Bonchev–Trinajstić information content (AvgIpc) is 3.02. The lowest BCUT2D eigenvalue weighted by atomic mass is 10.1. The standard InChI is InChI=1S/C20H21N5O3/c1-4-28-19(27)17-22-24(14-11-9-13(2)10-12-14)20-21-16-8-6-5-7-15(16)18(26)23(3)25(17)20/h5-12,20-21H,4H2,1-3H3/t20-/m1/s1. The van der Waals surface area contributed by atoms with E-state index in [1.54, 1.807) is 31.1 Å². The predicted octanol–water partition coefficient (Wildman–Crippen LogP) is 2.39. The number of rotatable bonds is 3. The van der Waals surface area contributed by atoms with Crippen molar-refractivity contribution in [1.82, 2.24) is 10.0 Å². The zero-order valence-electron chi connectivity index (χ0n) is 15.9. The third kappa shape index (κ3) is 2.83. The van der Waals surface area contributed by atoms with Crippen LogP contribution in [0.4, 0.5) is 11.4 Å². The third-order valence-electron chi connectivity index (χ3n) is 4.70. The highest BCUT2D eigenvalue weighted by molar-refractivity contribution is 6.36. The van der Waals surface area contributed by atoms with Gasteiger partial charge < -0.3 is 10.1 Å². The summed E-state index contributed by atoms with van der Waals surface area (Å²) in [5.41, 5.74) is 3.09. The Morgan fingerprint density at radius 2 is 1.89 bits per heavy atom. The van der Waals surface area contributed by atoms with Crippen molar-refractivity contribution in [2.45, 2.75) is 20.1 Å². The number of carbonyl (C=O) groups is 2. The molecule has 144 valence electrons. The van der Waals surface area contributed by atoms with Gasteiger partial charge in [0.1, 0.15) is 0 Å². The second kappa shape index (κ2) is 6.88. The summed E-state index contributed by atoms with van der Waals surface area (Å²) in [6.07, 6.45) is -0.597. The van der Waals surface area contributed by atoms with Gasteiger partial charge in [-0.25, -0.2) is 19.8 Å². The van der Waals surface area contributed by atoms with E-state index >= 15 is 0 Å². The predicted molar refractivity (Wildman–Crippen MR) is 106 cm³/mol. The minimum atomic E-state index is -0.597. The first-order chi connectivity index (χ1) is 13.5. The maximum absolute atomic E-state index is 13.0. The first-order valence-electron chi connectivity index (χ1n) is 9.05. The van der Waals surface area contributed by atoms with E-state index in [1.165, 1.54) is 10.0 Å². The van der Waals surface area contributed by atoms with Gasteiger partial charge in [-0.1, -0.05) is 29.8 Å². The lowest BCUT2D eigenvalue weighted by molar-refractivity contribution is -0.136. The second-order valence-corrected chi connectivity index (χ2v) is 6.56. The highest BCUT2D eigenvalue weighted by Crippen LogP contribution is 2.32. The molecule has 0 aromatic heterocycles. The van der Waals surface area contributed by atoms with E-state index in [9.17, 15) is 9.59 Å². The summed E-state index contributed by atoms with van der Waals surface area (Å²) in [5.74, 6) is -0.786. The van der Waals surface area contributed by atoms with E-state index in [4.69, 9.17) is 4.74 Å². The number of hydrazine groups is 1. The van der Waals surface area contributed by atoms with Gasteiger partial charge in [-0.15, -0.1) is 5.10 Å². The molecular formula is C20H21N5O3. The molecule has 28 heavy (non-hydrogen) atoms. The topological polar surface area (TPSA) is 77.5 Å². The molecule has 0 unspecified atom stereocenters. The number of hydrogen-bond acceptors (Lipinski definition) is 7. The molecule has 0 spiro atoms. The first kappa shape index (κ1) is 17.8. The summed E-state index contributed by atoms with van der Waals surface area (Å²) in [7, 11) is 1.62. The number of hydrazone groups is 1. The van der Waals surface area contributed by atoms with Gasteiger partial charge in [-0.2, -0.15) is 0 Å². The second-order valence-electron chi connectivity index (χ2n) is 6.56. The Balaban J connectivity index is 1.82. The van der Waals surface area contributed by atoms with Crippen molar-refractivity contribution >= 4 is 29.1 Å². The molecule has 0 radical (unpaired) electrons. The number of amides is 1. The maximum Gasteiger partial charge on any atom is 0.377 e. The fraction of sp³-hybridized carbons (Fsp3) is 0.250. The third-order valence-corrected chi connectivity index (χ3v) is 4.70. The molecule has 1 atom stereocenters. The molecule has 2 aromatic carbocycles. The number of nitrogens with zero attached hydrogens (tertiary/aromatic N) is 4. The highest BCUT2D eigenvalue weighted by atomic mass is 16.5. The van der Waals surface area contributed by atoms with Crippen LogP contribution in [0.3, 0.4) is 0 Å². The van der Waals surface area contributed by atoms with Crippen molar-refractivity contribution in [3.63, 3.8) is 0 Å². The fourth-order valence-corrected chi connectivity index (χ4v) is 3.28. The zero-order valence-corrected chi connectivity index (χ0v) is 15.9. The van der Waals surface area contributed by atoms with Gasteiger partial charge >= 0.3 is 5.97 Å². The Morgan fingerprint density at radius 3 is 2.61 bits per heavy atom. The zero-order chi connectivity index (χ0) is 19.8. The van der Waals surface area contributed by atoms with Gasteiger partial charge in [0.05, 0.1) is 23.5 Å². The summed E-state index contributed by atoms with van der Waals surface area (Å²) in [6, 6.07) is 15.0. The Labute approximate surface area is 162 Å². The summed E-state index contributed by atoms with van der Waals surface area (Å²) in [5, 5.41) is 12.4. The molecule has 0 fully saturated rings. The normalized spacial score (nSPS) is 18.1. The van der Waals surface area contributed by atoms with E-state index in [1.807, 2.05) is 43.3 Å².